The van der Waals surface area contributed by atoms with Crippen LogP contribution in [0.3, 0.4) is 0 Å². The number of nitrogens with one attached hydrogen (secondary N) is 2. The lowest BCUT2D eigenvalue weighted by Gasteiger charge is -2.11. The smallest absolute Gasteiger partial charge is 0.191 e. The number of hydrogen-bond acceptors (Lipinski definition) is 2. The van der Waals surface area contributed by atoms with E-state index in [1.807, 2.05) is 18.2 Å². The first-order valence-electron chi connectivity index (χ1n) is 7.38. The van der Waals surface area contributed by atoms with Crippen molar-refractivity contribution in [2.24, 2.45) is 10.9 Å². The van der Waals surface area contributed by atoms with Crippen molar-refractivity contribution in [1.29, 1.82) is 0 Å². The SMILES string of the molecule is C=CCNC(=NCCCC(C)C)NCCc1ccco1. The van der Waals surface area contributed by atoms with Crippen LogP contribution in [0.4, 0.5) is 0 Å². The van der Waals surface area contributed by atoms with E-state index in [2.05, 4.69) is 36.1 Å². The summed E-state index contributed by atoms with van der Waals surface area (Å²) < 4.78 is 5.30. The Hall–Kier alpha value is -1.71. The van der Waals surface area contributed by atoms with Gasteiger partial charge in [0.25, 0.3) is 0 Å². The Morgan fingerprint density at radius 3 is 2.95 bits per heavy atom. The van der Waals surface area contributed by atoms with E-state index >= 15 is 0 Å². The van der Waals surface area contributed by atoms with E-state index in [9.17, 15) is 0 Å². The lowest BCUT2D eigenvalue weighted by atomic mass is 10.1. The van der Waals surface area contributed by atoms with Crippen molar-refractivity contribution >= 4 is 5.96 Å². The number of hydrogen-bond donors (Lipinski definition) is 2. The Morgan fingerprint density at radius 2 is 2.30 bits per heavy atom. The monoisotopic (exact) mass is 277 g/mol. The van der Waals surface area contributed by atoms with Gasteiger partial charge in [-0.25, -0.2) is 0 Å². The zero-order valence-corrected chi connectivity index (χ0v) is 12.7. The van der Waals surface area contributed by atoms with Gasteiger partial charge in [-0.15, -0.1) is 6.58 Å². The first-order chi connectivity index (χ1) is 9.72. The zero-order valence-electron chi connectivity index (χ0n) is 12.7. The fourth-order valence-electron chi connectivity index (χ4n) is 1.79. The molecule has 4 nitrogen and oxygen atoms in total. The lowest BCUT2D eigenvalue weighted by molar-refractivity contribution is 0.506. The molecule has 0 bridgehead atoms. The zero-order chi connectivity index (χ0) is 14.6. The van der Waals surface area contributed by atoms with Crippen LogP contribution in [0.1, 0.15) is 32.4 Å². The summed E-state index contributed by atoms with van der Waals surface area (Å²) in [5.74, 6) is 2.57. The van der Waals surface area contributed by atoms with Gasteiger partial charge in [-0.1, -0.05) is 19.9 Å². The molecule has 0 saturated carbocycles. The van der Waals surface area contributed by atoms with E-state index in [-0.39, 0.29) is 0 Å². The van der Waals surface area contributed by atoms with Gasteiger partial charge in [-0.2, -0.15) is 0 Å². The molecule has 0 spiro atoms. The molecule has 0 fully saturated rings. The molecule has 0 aliphatic rings. The average Bonchev–Trinajstić information content (AvgIpc) is 2.93. The molecule has 0 saturated heterocycles. The third-order valence-electron chi connectivity index (χ3n) is 2.87. The van der Waals surface area contributed by atoms with Gasteiger partial charge in [-0.05, 0) is 30.9 Å². The van der Waals surface area contributed by atoms with Gasteiger partial charge < -0.3 is 15.1 Å². The van der Waals surface area contributed by atoms with E-state index < -0.39 is 0 Å². The van der Waals surface area contributed by atoms with E-state index in [4.69, 9.17) is 4.42 Å². The van der Waals surface area contributed by atoms with E-state index in [1.165, 1.54) is 6.42 Å². The topological polar surface area (TPSA) is 49.6 Å². The summed E-state index contributed by atoms with van der Waals surface area (Å²) in [5, 5.41) is 6.54. The molecule has 1 rings (SSSR count). The molecule has 0 unspecified atom stereocenters. The second-order valence-corrected chi connectivity index (χ2v) is 5.19. The summed E-state index contributed by atoms with van der Waals surface area (Å²) in [7, 11) is 0. The number of aliphatic imine (C=N–C) groups is 1. The van der Waals surface area contributed by atoms with E-state index in [0.717, 1.165) is 50.1 Å². The highest BCUT2D eigenvalue weighted by molar-refractivity contribution is 5.79. The van der Waals surface area contributed by atoms with Gasteiger partial charge in [0.2, 0.25) is 0 Å². The van der Waals surface area contributed by atoms with Crippen LogP contribution in [0.2, 0.25) is 0 Å². The van der Waals surface area contributed by atoms with Crippen LogP contribution in [-0.4, -0.2) is 25.6 Å². The average molecular weight is 277 g/mol. The highest BCUT2D eigenvalue weighted by Gasteiger charge is 1.99. The Morgan fingerprint density at radius 1 is 1.45 bits per heavy atom. The maximum Gasteiger partial charge on any atom is 0.191 e. The fraction of sp³-hybridized carbons (Fsp3) is 0.562. The van der Waals surface area contributed by atoms with E-state index in [0.29, 0.717) is 0 Å². The van der Waals surface area contributed by atoms with Gasteiger partial charge in [0.05, 0.1) is 6.26 Å². The van der Waals surface area contributed by atoms with Crippen molar-refractivity contribution in [2.75, 3.05) is 19.6 Å². The molecule has 20 heavy (non-hydrogen) atoms. The van der Waals surface area contributed by atoms with Gasteiger partial charge >= 0.3 is 0 Å². The van der Waals surface area contributed by atoms with Crippen molar-refractivity contribution in [3.05, 3.63) is 36.8 Å². The molecule has 1 aromatic heterocycles. The third kappa shape index (κ3) is 7.67. The molecule has 0 amide bonds. The first kappa shape index (κ1) is 16.3. The lowest BCUT2D eigenvalue weighted by Crippen LogP contribution is -2.38. The van der Waals surface area contributed by atoms with Gasteiger partial charge in [0.1, 0.15) is 5.76 Å². The Bertz CT molecular complexity index is 382. The molecule has 0 atom stereocenters. The molecule has 0 aliphatic heterocycles. The maximum atomic E-state index is 5.30. The Balaban J connectivity index is 2.30. The predicted molar refractivity (Wildman–Crippen MR) is 85.0 cm³/mol. The minimum Gasteiger partial charge on any atom is -0.469 e. The van der Waals surface area contributed by atoms with Crippen molar-refractivity contribution in [1.82, 2.24) is 10.6 Å². The largest absolute Gasteiger partial charge is 0.469 e. The van der Waals surface area contributed by atoms with E-state index in [1.54, 1.807) is 6.26 Å². The van der Waals surface area contributed by atoms with Gasteiger partial charge in [0.15, 0.2) is 5.96 Å². The van der Waals surface area contributed by atoms with Crippen molar-refractivity contribution in [3.8, 4) is 0 Å². The number of furan rings is 1. The molecule has 1 aromatic rings. The second kappa shape index (κ2) is 10.1. The Labute approximate surface area is 122 Å². The van der Waals surface area contributed by atoms with Crippen molar-refractivity contribution in [2.45, 2.75) is 33.1 Å². The summed E-state index contributed by atoms with van der Waals surface area (Å²) in [6, 6.07) is 3.89. The summed E-state index contributed by atoms with van der Waals surface area (Å²) in [6.07, 6.45) is 6.72. The van der Waals surface area contributed by atoms with Crippen LogP contribution >= 0.6 is 0 Å². The van der Waals surface area contributed by atoms with Crippen LogP contribution in [0.15, 0.2) is 40.5 Å². The molecule has 0 radical (unpaired) electrons. The normalized spacial score (nSPS) is 11.7. The summed E-state index contributed by atoms with van der Waals surface area (Å²) in [4.78, 5) is 4.57. The summed E-state index contributed by atoms with van der Waals surface area (Å²) in [6.45, 7) is 10.6. The molecule has 4 heteroatoms. The minimum atomic E-state index is 0.719. The molecule has 112 valence electrons. The number of nitrogens with zero attached hydrogens (tertiary/aromatic N) is 1. The molecule has 0 aromatic carbocycles. The van der Waals surface area contributed by atoms with Crippen LogP contribution in [-0.2, 0) is 6.42 Å². The number of rotatable bonds is 9. The molecular weight excluding hydrogens is 250 g/mol. The van der Waals surface area contributed by atoms with Crippen molar-refractivity contribution < 1.29 is 4.42 Å². The molecular formula is C16H27N3O. The highest BCUT2D eigenvalue weighted by atomic mass is 16.3. The van der Waals surface area contributed by atoms with Crippen LogP contribution in [0.5, 0.6) is 0 Å². The number of guanidine groups is 1. The summed E-state index contributed by atoms with van der Waals surface area (Å²) in [5.41, 5.74) is 0. The van der Waals surface area contributed by atoms with Crippen LogP contribution < -0.4 is 10.6 Å². The van der Waals surface area contributed by atoms with Crippen LogP contribution in [0, 0.1) is 5.92 Å². The molecule has 2 N–H and O–H groups in total. The first-order valence-corrected chi connectivity index (χ1v) is 7.38. The summed E-state index contributed by atoms with van der Waals surface area (Å²) >= 11 is 0. The highest BCUT2D eigenvalue weighted by Crippen LogP contribution is 2.03. The molecule has 1 heterocycles. The standard InChI is InChI=1S/C16H27N3O/c1-4-10-17-16(18-11-5-7-14(2)3)19-12-9-15-8-6-13-20-15/h4,6,8,13-14H,1,5,7,9-12H2,2-3H3,(H2,17,18,19). The minimum absolute atomic E-state index is 0.719. The quantitative estimate of drug-likeness (QED) is 0.316. The van der Waals surface area contributed by atoms with Gasteiger partial charge in [0, 0.05) is 26.1 Å². The molecule has 0 aliphatic carbocycles. The maximum absolute atomic E-state index is 5.30. The third-order valence-corrected chi connectivity index (χ3v) is 2.87. The fourth-order valence-corrected chi connectivity index (χ4v) is 1.79. The van der Waals surface area contributed by atoms with Crippen molar-refractivity contribution in [3.63, 3.8) is 0 Å². The second-order valence-electron chi connectivity index (χ2n) is 5.19. The Kier molecular flexibility index (Phi) is 8.27. The van der Waals surface area contributed by atoms with Gasteiger partial charge in [-0.3, -0.25) is 4.99 Å². The predicted octanol–water partition coefficient (Wildman–Crippen LogP) is 2.98. The van der Waals surface area contributed by atoms with Crippen LogP contribution in [0.25, 0.3) is 0 Å².